The lowest BCUT2D eigenvalue weighted by atomic mass is 10.1. The maximum atomic E-state index is 12.8. The predicted molar refractivity (Wildman–Crippen MR) is 115 cm³/mol. The molecule has 0 saturated carbocycles. The Balaban J connectivity index is 1.31. The fraction of sp³-hybridized carbons (Fsp3) is 0.261. The predicted octanol–water partition coefficient (Wildman–Crippen LogP) is 3.36. The average molecular weight is 387 g/mol. The first-order valence-corrected chi connectivity index (χ1v) is 9.90. The van der Waals surface area contributed by atoms with Crippen molar-refractivity contribution in [1.29, 1.82) is 0 Å². The van der Waals surface area contributed by atoms with Gasteiger partial charge in [-0.2, -0.15) is 0 Å². The van der Waals surface area contributed by atoms with Crippen LogP contribution in [0.15, 0.2) is 67.0 Å². The Morgan fingerprint density at radius 1 is 0.931 bits per heavy atom. The van der Waals surface area contributed by atoms with Gasteiger partial charge in [-0.25, -0.2) is 9.97 Å². The van der Waals surface area contributed by atoms with Crippen LogP contribution in [-0.2, 0) is 6.54 Å². The summed E-state index contributed by atoms with van der Waals surface area (Å²) in [5.41, 5.74) is 4.12. The van der Waals surface area contributed by atoms with E-state index in [2.05, 4.69) is 63.5 Å². The minimum Gasteiger partial charge on any atom is -0.368 e. The number of carbonyl (C=O) groups is 1. The smallest absolute Gasteiger partial charge is 0.257 e. The monoisotopic (exact) mass is 387 g/mol. The molecule has 1 saturated heterocycles. The van der Waals surface area contributed by atoms with Gasteiger partial charge < -0.3 is 15.1 Å². The number of hydrogen-bond acceptors (Lipinski definition) is 5. The molecular weight excluding hydrogens is 362 g/mol. The van der Waals surface area contributed by atoms with Crippen LogP contribution < -0.4 is 10.2 Å². The molecule has 0 aliphatic carbocycles. The second kappa shape index (κ2) is 8.73. The maximum Gasteiger partial charge on any atom is 0.257 e. The van der Waals surface area contributed by atoms with E-state index in [1.54, 1.807) is 12.4 Å². The highest BCUT2D eigenvalue weighted by molar-refractivity contribution is 5.93. The zero-order valence-corrected chi connectivity index (χ0v) is 16.6. The van der Waals surface area contributed by atoms with E-state index >= 15 is 0 Å². The van der Waals surface area contributed by atoms with Crippen molar-refractivity contribution in [2.24, 2.45) is 0 Å². The first kappa shape index (κ1) is 18.9. The third-order valence-corrected chi connectivity index (χ3v) is 5.16. The summed E-state index contributed by atoms with van der Waals surface area (Å²) in [5, 5.41) is 3.20. The molecular formula is C23H25N5O. The first-order chi connectivity index (χ1) is 14.2. The number of carbonyl (C=O) groups excluding carboxylic acids is 1. The van der Waals surface area contributed by atoms with Gasteiger partial charge in [-0.1, -0.05) is 48.0 Å². The van der Waals surface area contributed by atoms with Crippen LogP contribution >= 0.6 is 0 Å². The number of aryl methyl sites for hydroxylation is 1. The molecule has 0 spiro atoms. The van der Waals surface area contributed by atoms with Crippen molar-refractivity contribution in [2.45, 2.75) is 13.5 Å². The summed E-state index contributed by atoms with van der Waals surface area (Å²) in [4.78, 5) is 25.6. The van der Waals surface area contributed by atoms with Crippen molar-refractivity contribution in [2.75, 3.05) is 36.4 Å². The highest BCUT2D eigenvalue weighted by Gasteiger charge is 2.22. The molecule has 0 radical (unpaired) electrons. The fourth-order valence-corrected chi connectivity index (χ4v) is 3.41. The summed E-state index contributed by atoms with van der Waals surface area (Å²) in [6.07, 6.45) is 3.22. The number of nitrogens with zero attached hydrogens (tertiary/aromatic N) is 4. The molecule has 0 bridgehead atoms. The molecule has 1 aliphatic rings. The Hall–Kier alpha value is -3.41. The summed E-state index contributed by atoms with van der Waals surface area (Å²) in [6, 6.07) is 18.6. The molecule has 3 aromatic rings. The van der Waals surface area contributed by atoms with Gasteiger partial charge in [0, 0.05) is 50.8 Å². The van der Waals surface area contributed by atoms with Crippen LogP contribution in [0, 0.1) is 6.92 Å². The normalized spacial score (nSPS) is 14.0. The number of nitrogens with one attached hydrogen (secondary N) is 1. The fourth-order valence-electron chi connectivity index (χ4n) is 3.41. The lowest BCUT2D eigenvalue weighted by Gasteiger charge is -2.36. The van der Waals surface area contributed by atoms with E-state index in [0.29, 0.717) is 31.1 Å². The Morgan fingerprint density at radius 3 is 2.24 bits per heavy atom. The molecule has 1 fully saturated rings. The minimum absolute atomic E-state index is 0.0113. The molecule has 2 aromatic carbocycles. The van der Waals surface area contributed by atoms with Crippen LogP contribution in [-0.4, -0.2) is 47.0 Å². The van der Waals surface area contributed by atoms with Crippen molar-refractivity contribution in [1.82, 2.24) is 14.9 Å². The standard InChI is InChI=1S/C23H25N5O/c1-18-7-9-19(10-8-18)15-24-23-25-16-20(17-26-23)22(29)28-13-11-27(12-14-28)21-5-3-2-4-6-21/h2-10,16-17H,11-15H2,1H3,(H,24,25,26). The van der Waals surface area contributed by atoms with Crippen molar-refractivity contribution in [3.63, 3.8) is 0 Å². The van der Waals surface area contributed by atoms with E-state index in [1.165, 1.54) is 11.3 Å². The summed E-state index contributed by atoms with van der Waals surface area (Å²) in [6.45, 7) is 5.76. The van der Waals surface area contributed by atoms with Crippen LogP contribution in [0.25, 0.3) is 0 Å². The van der Waals surface area contributed by atoms with Gasteiger partial charge in [-0.05, 0) is 24.6 Å². The van der Waals surface area contributed by atoms with Crippen LogP contribution in [0.3, 0.4) is 0 Å². The summed E-state index contributed by atoms with van der Waals surface area (Å²) < 4.78 is 0. The Kier molecular flexibility index (Phi) is 5.70. The molecule has 4 rings (SSSR count). The van der Waals surface area contributed by atoms with Gasteiger partial charge in [-0.3, -0.25) is 4.79 Å². The third kappa shape index (κ3) is 4.71. The van der Waals surface area contributed by atoms with Gasteiger partial charge in [-0.15, -0.1) is 0 Å². The number of benzene rings is 2. The van der Waals surface area contributed by atoms with Crippen molar-refractivity contribution in [3.05, 3.63) is 83.7 Å². The zero-order chi connectivity index (χ0) is 20.1. The highest BCUT2D eigenvalue weighted by atomic mass is 16.2. The summed E-state index contributed by atoms with van der Waals surface area (Å²) in [5.74, 6) is 0.513. The highest BCUT2D eigenvalue weighted by Crippen LogP contribution is 2.17. The topological polar surface area (TPSA) is 61.4 Å². The molecule has 6 nitrogen and oxygen atoms in total. The van der Waals surface area contributed by atoms with E-state index in [0.717, 1.165) is 18.7 Å². The number of amides is 1. The van der Waals surface area contributed by atoms with Gasteiger partial charge >= 0.3 is 0 Å². The quantitative estimate of drug-likeness (QED) is 0.727. The van der Waals surface area contributed by atoms with Crippen LogP contribution in [0.2, 0.25) is 0 Å². The maximum absolute atomic E-state index is 12.8. The lowest BCUT2D eigenvalue weighted by Crippen LogP contribution is -2.48. The van der Waals surface area contributed by atoms with Gasteiger partial charge in [0.25, 0.3) is 5.91 Å². The van der Waals surface area contributed by atoms with E-state index in [4.69, 9.17) is 0 Å². The second-order valence-electron chi connectivity index (χ2n) is 7.25. The van der Waals surface area contributed by atoms with Gasteiger partial charge in [0.15, 0.2) is 0 Å². The third-order valence-electron chi connectivity index (χ3n) is 5.16. The van der Waals surface area contributed by atoms with Crippen LogP contribution in [0.1, 0.15) is 21.5 Å². The molecule has 1 aromatic heterocycles. The van der Waals surface area contributed by atoms with Crippen molar-refractivity contribution < 1.29 is 4.79 Å². The molecule has 2 heterocycles. The van der Waals surface area contributed by atoms with Crippen LogP contribution in [0.4, 0.5) is 11.6 Å². The van der Waals surface area contributed by atoms with E-state index in [-0.39, 0.29) is 5.91 Å². The molecule has 0 atom stereocenters. The Bertz CT molecular complexity index is 933. The lowest BCUT2D eigenvalue weighted by molar-refractivity contribution is 0.0746. The first-order valence-electron chi connectivity index (χ1n) is 9.90. The van der Waals surface area contributed by atoms with Gasteiger partial charge in [0.2, 0.25) is 5.95 Å². The minimum atomic E-state index is -0.0113. The van der Waals surface area contributed by atoms with E-state index in [1.807, 2.05) is 23.1 Å². The number of hydrogen-bond donors (Lipinski definition) is 1. The number of rotatable bonds is 5. The molecule has 1 N–H and O–H groups in total. The largest absolute Gasteiger partial charge is 0.368 e. The van der Waals surface area contributed by atoms with Gasteiger partial charge in [0.1, 0.15) is 0 Å². The van der Waals surface area contributed by atoms with Gasteiger partial charge in [0.05, 0.1) is 5.56 Å². The Morgan fingerprint density at radius 2 is 1.59 bits per heavy atom. The van der Waals surface area contributed by atoms with Crippen molar-refractivity contribution >= 4 is 17.5 Å². The molecule has 1 aliphatic heterocycles. The second-order valence-corrected chi connectivity index (χ2v) is 7.25. The van der Waals surface area contributed by atoms with Crippen molar-refractivity contribution in [3.8, 4) is 0 Å². The average Bonchev–Trinajstić information content (AvgIpc) is 2.79. The molecule has 6 heteroatoms. The summed E-state index contributed by atoms with van der Waals surface area (Å²) in [7, 11) is 0. The molecule has 148 valence electrons. The number of piperazine rings is 1. The molecule has 0 unspecified atom stereocenters. The summed E-state index contributed by atoms with van der Waals surface area (Å²) >= 11 is 0. The van der Waals surface area contributed by atoms with E-state index in [9.17, 15) is 4.79 Å². The molecule has 1 amide bonds. The SMILES string of the molecule is Cc1ccc(CNc2ncc(C(=O)N3CCN(c4ccccc4)CC3)cn2)cc1. The van der Waals surface area contributed by atoms with E-state index < -0.39 is 0 Å². The molecule has 29 heavy (non-hydrogen) atoms. The number of para-hydroxylation sites is 1. The number of anilines is 2. The Labute approximate surface area is 171 Å². The number of aromatic nitrogens is 2. The zero-order valence-electron chi connectivity index (χ0n) is 16.6. The van der Waals surface area contributed by atoms with Crippen LogP contribution in [0.5, 0.6) is 0 Å².